The minimum absolute atomic E-state index is 0.106. The van der Waals surface area contributed by atoms with E-state index >= 15 is 0 Å². The Kier molecular flexibility index (Phi) is 6.82. The predicted molar refractivity (Wildman–Crippen MR) is 145 cm³/mol. The maximum absolute atomic E-state index is 13.4. The van der Waals surface area contributed by atoms with Gasteiger partial charge in [-0.1, -0.05) is 54.0 Å². The summed E-state index contributed by atoms with van der Waals surface area (Å²) in [5, 5.41) is 1.03. The third-order valence-corrected chi connectivity index (χ3v) is 9.68. The minimum Gasteiger partial charge on any atom is -0.372 e. The Morgan fingerprint density at radius 1 is 1.33 bits per heavy atom. The van der Waals surface area contributed by atoms with E-state index in [1.54, 1.807) is 0 Å². The summed E-state index contributed by atoms with van der Waals surface area (Å²) in [4.78, 5) is 2.13. The number of sulfonamides is 1. The van der Waals surface area contributed by atoms with Crippen molar-refractivity contribution in [2.45, 2.75) is 56.6 Å². The number of aryl methyl sites for hydroxylation is 1. The fraction of sp³-hybridized carbons (Fsp3) is 0.462. The summed E-state index contributed by atoms with van der Waals surface area (Å²) in [6.45, 7) is 7.62. The van der Waals surface area contributed by atoms with Crippen LogP contribution < -0.4 is 15.5 Å². The fourth-order valence-electron chi connectivity index (χ4n) is 5.83. The van der Waals surface area contributed by atoms with Gasteiger partial charge in [-0.3, -0.25) is 0 Å². The van der Waals surface area contributed by atoms with Crippen molar-refractivity contribution in [2.24, 2.45) is 5.41 Å². The van der Waals surface area contributed by atoms with Gasteiger partial charge in [-0.2, -0.15) is 8.78 Å². The molecule has 0 radical (unpaired) electrons. The second kappa shape index (κ2) is 9.50. The standard InChI is InChI=1S/C26H32BF2N2O3PS/c1-15-10-18(12-19(27)11-15)20-5-3-4-17(23(20)35)13-21-24(30-36(32,33)25(28)29)26(7-8-26)14-31(21)16(2)22-6-9-34-22/h3-5,10-12,21-22,24-25,30H,2,6-9,13-14,27,35H2,1H3. The second-order valence-electron chi connectivity index (χ2n) is 10.6. The van der Waals surface area contributed by atoms with Crippen molar-refractivity contribution in [2.75, 3.05) is 13.2 Å². The highest BCUT2D eigenvalue weighted by Gasteiger charge is 2.61. The number of benzene rings is 2. The van der Waals surface area contributed by atoms with Gasteiger partial charge in [0.1, 0.15) is 7.85 Å². The van der Waals surface area contributed by atoms with Crippen LogP contribution in [0.5, 0.6) is 0 Å². The van der Waals surface area contributed by atoms with E-state index in [0.717, 1.165) is 47.0 Å². The highest BCUT2D eigenvalue weighted by Crippen LogP contribution is 2.56. The van der Waals surface area contributed by atoms with E-state index in [2.05, 4.69) is 64.5 Å². The zero-order valence-corrected chi connectivity index (χ0v) is 22.6. The molecule has 2 saturated heterocycles. The van der Waals surface area contributed by atoms with Crippen LogP contribution in [0.2, 0.25) is 0 Å². The van der Waals surface area contributed by atoms with Crippen LogP contribution in [-0.4, -0.2) is 58.3 Å². The molecule has 3 fully saturated rings. The van der Waals surface area contributed by atoms with Crippen LogP contribution in [0.4, 0.5) is 8.78 Å². The van der Waals surface area contributed by atoms with Gasteiger partial charge in [-0.25, -0.2) is 13.1 Å². The van der Waals surface area contributed by atoms with Crippen LogP contribution in [0.1, 0.15) is 30.4 Å². The largest absolute Gasteiger partial charge is 0.372 e. The summed E-state index contributed by atoms with van der Waals surface area (Å²) < 4.78 is 59.5. The highest BCUT2D eigenvalue weighted by molar-refractivity contribution is 7.89. The van der Waals surface area contributed by atoms with Gasteiger partial charge in [-0.15, -0.1) is 9.24 Å². The van der Waals surface area contributed by atoms with E-state index < -0.39 is 21.8 Å². The molecule has 2 heterocycles. The Hall–Kier alpha value is -1.80. The predicted octanol–water partition coefficient (Wildman–Crippen LogP) is 2.24. The average molecular weight is 532 g/mol. The van der Waals surface area contributed by atoms with Crippen molar-refractivity contribution in [1.29, 1.82) is 0 Å². The van der Waals surface area contributed by atoms with Gasteiger partial charge in [-0.05, 0) is 48.2 Å². The van der Waals surface area contributed by atoms with E-state index in [-0.39, 0.29) is 17.6 Å². The first-order chi connectivity index (χ1) is 17.0. The molecule has 10 heteroatoms. The van der Waals surface area contributed by atoms with Gasteiger partial charge in [0.15, 0.2) is 0 Å². The molecule has 3 aliphatic rings. The molecule has 0 aromatic heterocycles. The van der Waals surface area contributed by atoms with Gasteiger partial charge >= 0.3 is 5.76 Å². The van der Waals surface area contributed by atoms with E-state index in [0.29, 0.717) is 19.6 Å². The van der Waals surface area contributed by atoms with Crippen LogP contribution in [0.3, 0.4) is 0 Å². The maximum atomic E-state index is 13.4. The zero-order valence-electron chi connectivity index (χ0n) is 20.6. The number of alkyl halides is 2. The molecule has 192 valence electrons. The third-order valence-electron chi connectivity index (χ3n) is 7.95. The van der Waals surface area contributed by atoms with E-state index in [4.69, 9.17) is 4.74 Å². The van der Waals surface area contributed by atoms with E-state index in [1.165, 1.54) is 11.0 Å². The van der Waals surface area contributed by atoms with Gasteiger partial charge in [0, 0.05) is 36.2 Å². The van der Waals surface area contributed by atoms with Crippen molar-refractivity contribution in [3.8, 4) is 11.1 Å². The SMILES string of the molecule is Bc1cc(C)cc(-c2cccc(CC3C(NS(=O)(=O)C(F)F)C4(CC4)CN3C(=C)C3CCO3)c2P)c1. The molecule has 5 nitrogen and oxygen atoms in total. The van der Waals surface area contributed by atoms with Gasteiger partial charge < -0.3 is 9.64 Å². The summed E-state index contributed by atoms with van der Waals surface area (Å²) in [5.74, 6) is -3.47. The zero-order chi connectivity index (χ0) is 25.8. The molecule has 2 aromatic carbocycles. The smallest absolute Gasteiger partial charge is 0.350 e. The Labute approximate surface area is 215 Å². The number of hydrogen-bond acceptors (Lipinski definition) is 4. The van der Waals surface area contributed by atoms with Crippen molar-refractivity contribution in [1.82, 2.24) is 9.62 Å². The Balaban J connectivity index is 1.52. The van der Waals surface area contributed by atoms with Crippen LogP contribution in [-0.2, 0) is 21.2 Å². The van der Waals surface area contributed by atoms with E-state index in [9.17, 15) is 17.2 Å². The maximum Gasteiger partial charge on any atom is 0.350 e. The molecule has 1 saturated carbocycles. The molecule has 4 atom stereocenters. The molecular formula is C26H32BF2N2O3PS. The number of likely N-dealkylation sites (tertiary alicyclic amines) is 1. The van der Waals surface area contributed by atoms with Gasteiger partial charge in [0.25, 0.3) is 10.0 Å². The van der Waals surface area contributed by atoms with Crippen molar-refractivity contribution < 1.29 is 21.9 Å². The lowest BCUT2D eigenvalue weighted by molar-refractivity contribution is -0.0424. The lowest BCUT2D eigenvalue weighted by Crippen LogP contribution is -2.51. The third kappa shape index (κ3) is 4.76. The molecule has 4 unspecified atom stereocenters. The summed E-state index contributed by atoms with van der Waals surface area (Å²) in [6, 6.07) is 11.6. The normalized spacial score (nSPS) is 24.8. The fourth-order valence-corrected chi connectivity index (χ4v) is 7.17. The molecule has 0 bridgehead atoms. The quantitative estimate of drug-likeness (QED) is 0.419. The molecule has 2 aliphatic heterocycles. The first kappa shape index (κ1) is 25.8. The number of hydrogen-bond donors (Lipinski definition) is 1. The lowest BCUT2D eigenvalue weighted by atomic mass is 9.88. The molecular weight excluding hydrogens is 500 g/mol. The lowest BCUT2D eigenvalue weighted by Gasteiger charge is -2.38. The molecule has 1 spiro atoms. The summed E-state index contributed by atoms with van der Waals surface area (Å²) in [6.07, 6.45) is 2.85. The number of nitrogens with one attached hydrogen (secondary N) is 1. The van der Waals surface area contributed by atoms with Crippen LogP contribution in [0, 0.1) is 12.3 Å². The summed E-state index contributed by atoms with van der Waals surface area (Å²) in [7, 11) is 0.175. The number of rotatable bonds is 8. The highest BCUT2D eigenvalue weighted by atomic mass is 32.2. The molecule has 2 aromatic rings. The monoisotopic (exact) mass is 532 g/mol. The van der Waals surface area contributed by atoms with Crippen molar-refractivity contribution in [3.05, 3.63) is 59.8 Å². The van der Waals surface area contributed by atoms with E-state index in [1.807, 2.05) is 12.1 Å². The summed E-state index contributed by atoms with van der Waals surface area (Å²) >= 11 is 0. The van der Waals surface area contributed by atoms with Crippen molar-refractivity contribution >= 4 is 37.9 Å². The van der Waals surface area contributed by atoms with Gasteiger partial charge in [0.2, 0.25) is 0 Å². The second-order valence-corrected chi connectivity index (χ2v) is 12.8. The van der Waals surface area contributed by atoms with Crippen molar-refractivity contribution in [3.63, 3.8) is 0 Å². The molecule has 36 heavy (non-hydrogen) atoms. The molecule has 5 rings (SSSR count). The summed E-state index contributed by atoms with van der Waals surface area (Å²) in [5.41, 5.74) is 6.04. The Morgan fingerprint density at radius 2 is 2.06 bits per heavy atom. The molecule has 0 amide bonds. The number of nitrogens with zero attached hydrogens (tertiary/aromatic N) is 1. The van der Waals surface area contributed by atoms with Crippen LogP contribution in [0.15, 0.2) is 48.7 Å². The molecule has 1 aliphatic carbocycles. The van der Waals surface area contributed by atoms with Crippen LogP contribution >= 0.6 is 9.24 Å². The number of ether oxygens (including phenoxy) is 1. The minimum atomic E-state index is -4.75. The first-order valence-corrected chi connectivity index (χ1v) is 14.5. The van der Waals surface area contributed by atoms with Crippen LogP contribution in [0.25, 0.3) is 11.1 Å². The Morgan fingerprint density at radius 3 is 2.64 bits per heavy atom. The first-order valence-electron chi connectivity index (χ1n) is 12.3. The topological polar surface area (TPSA) is 58.6 Å². The van der Waals surface area contributed by atoms with Gasteiger partial charge in [0.05, 0.1) is 12.7 Å². The molecule has 1 N–H and O–H groups in total. The Bertz CT molecular complexity index is 1280. The number of halogens is 2. The average Bonchev–Trinajstić information content (AvgIpc) is 3.48.